The quantitative estimate of drug-likeness (QED) is 0.456. The van der Waals surface area contributed by atoms with Crippen LogP contribution in [-0.4, -0.2) is 37.2 Å². The Labute approximate surface area is 195 Å². The molecule has 0 saturated carbocycles. The van der Waals surface area contributed by atoms with Crippen molar-refractivity contribution in [2.24, 2.45) is 7.05 Å². The Balaban J connectivity index is 1.27. The SMILES string of the molecule is Cn1c(CNc2cccc(C(=O)N[C@H]3CCOc4c(F)cccc43)c2)nnc1-c1ccncn1. The third-order valence-corrected chi connectivity index (χ3v) is 5.68. The van der Waals surface area contributed by atoms with E-state index in [1.54, 1.807) is 42.6 Å². The van der Waals surface area contributed by atoms with E-state index in [1.165, 1.54) is 12.4 Å². The van der Waals surface area contributed by atoms with Crippen LogP contribution in [0.15, 0.2) is 61.1 Å². The molecule has 10 heteroatoms. The minimum absolute atomic E-state index is 0.208. The highest BCUT2D eigenvalue weighted by Gasteiger charge is 2.25. The van der Waals surface area contributed by atoms with Crippen LogP contribution in [0.25, 0.3) is 11.5 Å². The molecule has 0 fully saturated rings. The van der Waals surface area contributed by atoms with Gasteiger partial charge < -0.3 is 19.9 Å². The number of amides is 1. The second kappa shape index (κ2) is 9.26. The van der Waals surface area contributed by atoms with Crippen molar-refractivity contribution < 1.29 is 13.9 Å². The van der Waals surface area contributed by atoms with Gasteiger partial charge in [0.2, 0.25) is 0 Å². The summed E-state index contributed by atoms with van der Waals surface area (Å²) < 4.78 is 21.3. The van der Waals surface area contributed by atoms with Crippen molar-refractivity contribution in [3.8, 4) is 17.3 Å². The third-order valence-electron chi connectivity index (χ3n) is 5.68. The minimum atomic E-state index is -0.422. The van der Waals surface area contributed by atoms with Gasteiger partial charge in [-0.3, -0.25) is 4.79 Å². The van der Waals surface area contributed by atoms with Crippen molar-refractivity contribution >= 4 is 11.6 Å². The smallest absolute Gasteiger partial charge is 0.251 e. The van der Waals surface area contributed by atoms with Crippen molar-refractivity contribution in [2.75, 3.05) is 11.9 Å². The molecule has 172 valence electrons. The van der Waals surface area contributed by atoms with Gasteiger partial charge in [-0.25, -0.2) is 14.4 Å². The zero-order chi connectivity index (χ0) is 23.5. The van der Waals surface area contributed by atoms with Crippen LogP contribution in [-0.2, 0) is 13.6 Å². The maximum atomic E-state index is 14.0. The predicted molar refractivity (Wildman–Crippen MR) is 123 cm³/mol. The van der Waals surface area contributed by atoms with Crippen molar-refractivity contribution in [3.63, 3.8) is 0 Å². The molecule has 0 bridgehead atoms. The molecule has 0 aliphatic carbocycles. The van der Waals surface area contributed by atoms with E-state index >= 15 is 0 Å². The lowest BCUT2D eigenvalue weighted by Crippen LogP contribution is -2.32. The van der Waals surface area contributed by atoms with E-state index in [-0.39, 0.29) is 17.7 Å². The molecule has 1 aliphatic rings. The molecule has 1 amide bonds. The first-order valence-electron chi connectivity index (χ1n) is 10.8. The maximum absolute atomic E-state index is 14.0. The molecule has 3 heterocycles. The molecular formula is C24H22FN7O2. The molecule has 2 N–H and O–H groups in total. The fraction of sp³-hybridized carbons (Fsp3) is 0.208. The van der Waals surface area contributed by atoms with Crippen LogP contribution in [0.5, 0.6) is 5.75 Å². The molecule has 1 aliphatic heterocycles. The number of hydrogen-bond acceptors (Lipinski definition) is 7. The van der Waals surface area contributed by atoms with Crippen LogP contribution in [0.3, 0.4) is 0 Å². The van der Waals surface area contributed by atoms with Crippen molar-refractivity contribution in [2.45, 2.75) is 19.0 Å². The number of aromatic nitrogens is 5. The van der Waals surface area contributed by atoms with Gasteiger partial charge in [-0.05, 0) is 30.3 Å². The average molecular weight is 459 g/mol. The predicted octanol–water partition coefficient (Wildman–Crippen LogP) is 3.28. The van der Waals surface area contributed by atoms with Crippen LogP contribution < -0.4 is 15.4 Å². The summed E-state index contributed by atoms with van der Waals surface area (Å²) >= 11 is 0. The summed E-state index contributed by atoms with van der Waals surface area (Å²) in [6.07, 6.45) is 3.69. The molecule has 0 unspecified atom stereocenters. The van der Waals surface area contributed by atoms with E-state index in [0.717, 1.165) is 5.69 Å². The van der Waals surface area contributed by atoms with E-state index < -0.39 is 5.82 Å². The summed E-state index contributed by atoms with van der Waals surface area (Å²) in [5.41, 5.74) is 2.59. The van der Waals surface area contributed by atoms with Gasteiger partial charge in [0, 0.05) is 36.5 Å². The third kappa shape index (κ3) is 4.29. The number of para-hydroxylation sites is 1. The Hall–Kier alpha value is -4.34. The second-order valence-electron chi connectivity index (χ2n) is 7.85. The monoisotopic (exact) mass is 459 g/mol. The highest BCUT2D eigenvalue weighted by Crippen LogP contribution is 2.34. The van der Waals surface area contributed by atoms with E-state index in [4.69, 9.17) is 4.74 Å². The number of ether oxygens (including phenoxy) is 1. The first-order chi connectivity index (χ1) is 16.6. The summed E-state index contributed by atoms with van der Waals surface area (Å²) in [6, 6.07) is 13.4. The summed E-state index contributed by atoms with van der Waals surface area (Å²) in [5.74, 6) is 0.897. The van der Waals surface area contributed by atoms with Gasteiger partial charge in [0.1, 0.15) is 12.0 Å². The molecule has 2 aromatic carbocycles. The number of hydrogen-bond donors (Lipinski definition) is 2. The fourth-order valence-electron chi connectivity index (χ4n) is 3.89. The van der Waals surface area contributed by atoms with E-state index in [9.17, 15) is 9.18 Å². The van der Waals surface area contributed by atoms with Gasteiger partial charge in [-0.1, -0.05) is 18.2 Å². The number of fused-ring (bicyclic) bond motifs is 1. The molecule has 4 aromatic rings. The van der Waals surface area contributed by atoms with Crippen LogP contribution in [0, 0.1) is 5.82 Å². The largest absolute Gasteiger partial charge is 0.490 e. The van der Waals surface area contributed by atoms with Crippen LogP contribution >= 0.6 is 0 Å². The lowest BCUT2D eigenvalue weighted by atomic mass is 9.99. The summed E-state index contributed by atoms with van der Waals surface area (Å²) in [7, 11) is 1.87. The van der Waals surface area contributed by atoms with Gasteiger partial charge in [0.25, 0.3) is 5.91 Å². The number of benzene rings is 2. The van der Waals surface area contributed by atoms with Gasteiger partial charge in [0.05, 0.1) is 19.2 Å². The Morgan fingerprint density at radius 3 is 2.94 bits per heavy atom. The Morgan fingerprint density at radius 1 is 1.21 bits per heavy atom. The lowest BCUT2D eigenvalue weighted by molar-refractivity contribution is 0.0924. The first-order valence-corrected chi connectivity index (χ1v) is 10.8. The zero-order valence-electron chi connectivity index (χ0n) is 18.4. The minimum Gasteiger partial charge on any atom is -0.490 e. The van der Waals surface area contributed by atoms with Crippen molar-refractivity contribution in [1.29, 1.82) is 0 Å². The number of nitrogens with zero attached hydrogens (tertiary/aromatic N) is 5. The van der Waals surface area contributed by atoms with Crippen LogP contribution in [0.1, 0.15) is 34.2 Å². The highest BCUT2D eigenvalue weighted by atomic mass is 19.1. The Kier molecular flexibility index (Phi) is 5.86. The van der Waals surface area contributed by atoms with E-state index in [2.05, 4.69) is 30.8 Å². The highest BCUT2D eigenvalue weighted by molar-refractivity contribution is 5.95. The lowest BCUT2D eigenvalue weighted by Gasteiger charge is -2.27. The number of carbonyl (C=O) groups is 1. The molecule has 34 heavy (non-hydrogen) atoms. The number of anilines is 1. The van der Waals surface area contributed by atoms with Crippen molar-refractivity contribution in [1.82, 2.24) is 30.0 Å². The molecule has 1 atom stereocenters. The molecule has 0 saturated heterocycles. The number of rotatable bonds is 6. The zero-order valence-corrected chi connectivity index (χ0v) is 18.4. The normalized spacial score (nSPS) is 14.7. The Morgan fingerprint density at radius 2 is 2.09 bits per heavy atom. The van der Waals surface area contributed by atoms with Crippen LogP contribution in [0.4, 0.5) is 10.1 Å². The van der Waals surface area contributed by atoms with Gasteiger partial charge >= 0.3 is 0 Å². The molecular weight excluding hydrogens is 437 g/mol. The summed E-state index contributed by atoms with van der Waals surface area (Å²) in [4.78, 5) is 21.1. The maximum Gasteiger partial charge on any atom is 0.251 e. The number of halogens is 1. The first kappa shape index (κ1) is 21.5. The topological polar surface area (TPSA) is 107 Å². The average Bonchev–Trinajstić information content (AvgIpc) is 3.24. The standard InChI is InChI=1S/C24H22FN7O2/c1-32-21(30-31-23(32)20-8-10-26-14-28-20)13-27-16-5-2-4-15(12-16)24(33)29-19-9-11-34-22-17(19)6-3-7-18(22)25/h2-8,10,12,14,19,27H,9,11,13H2,1H3,(H,29,33)/t19-/m0/s1. The molecule has 0 spiro atoms. The fourth-order valence-corrected chi connectivity index (χ4v) is 3.89. The van der Waals surface area contributed by atoms with Gasteiger partial charge in [-0.15, -0.1) is 10.2 Å². The molecule has 0 radical (unpaired) electrons. The second-order valence-corrected chi connectivity index (χ2v) is 7.85. The summed E-state index contributed by atoms with van der Waals surface area (Å²) in [5, 5.41) is 14.7. The van der Waals surface area contributed by atoms with Gasteiger partial charge in [0.15, 0.2) is 23.2 Å². The number of carbonyl (C=O) groups excluding carboxylic acids is 1. The van der Waals surface area contributed by atoms with E-state index in [1.807, 2.05) is 17.7 Å². The van der Waals surface area contributed by atoms with Crippen molar-refractivity contribution in [3.05, 3.63) is 83.8 Å². The van der Waals surface area contributed by atoms with Crippen LogP contribution in [0.2, 0.25) is 0 Å². The van der Waals surface area contributed by atoms with Gasteiger partial charge in [-0.2, -0.15) is 0 Å². The molecule has 2 aromatic heterocycles. The Bertz CT molecular complexity index is 1330. The molecule has 5 rings (SSSR count). The number of nitrogens with one attached hydrogen (secondary N) is 2. The summed E-state index contributed by atoms with van der Waals surface area (Å²) in [6.45, 7) is 0.751. The molecule has 9 nitrogen and oxygen atoms in total. The van der Waals surface area contributed by atoms with E-state index in [0.29, 0.717) is 48.0 Å².